The minimum Gasteiger partial charge on any atom is -0.302 e. The molecule has 2 nitrogen and oxygen atoms in total. The summed E-state index contributed by atoms with van der Waals surface area (Å²) in [4.78, 5) is 0. The van der Waals surface area contributed by atoms with Crippen molar-refractivity contribution in [3.8, 4) is 0 Å². The zero-order valence-corrected chi connectivity index (χ0v) is 7.12. The van der Waals surface area contributed by atoms with Gasteiger partial charge in [-0.3, -0.25) is 0 Å². The van der Waals surface area contributed by atoms with Gasteiger partial charge in [0.25, 0.3) is 0 Å². The van der Waals surface area contributed by atoms with Crippen LogP contribution in [0.25, 0.3) is 0 Å². The molecule has 1 heterocycles. The van der Waals surface area contributed by atoms with Gasteiger partial charge < -0.3 is 5.43 Å². The fourth-order valence-corrected chi connectivity index (χ4v) is 1.45. The summed E-state index contributed by atoms with van der Waals surface area (Å²) in [7, 11) is 0. The topological polar surface area (TPSA) is 24.4 Å². The fourth-order valence-electron chi connectivity index (χ4n) is 1.45. The Morgan fingerprint density at radius 2 is 2.08 bits per heavy atom. The molecule has 1 aromatic carbocycles. The van der Waals surface area contributed by atoms with E-state index in [9.17, 15) is 0 Å². The van der Waals surface area contributed by atoms with Gasteiger partial charge in [-0.25, -0.2) is 0 Å². The fraction of sp³-hybridized carbons (Fsp3) is 0.300. The van der Waals surface area contributed by atoms with Crippen LogP contribution in [-0.4, -0.2) is 5.71 Å². The van der Waals surface area contributed by atoms with Crippen LogP contribution >= 0.6 is 0 Å². The van der Waals surface area contributed by atoms with E-state index in [0.717, 1.165) is 6.42 Å². The van der Waals surface area contributed by atoms with E-state index in [1.54, 1.807) is 0 Å². The summed E-state index contributed by atoms with van der Waals surface area (Å²) in [5, 5.41) is 4.16. The number of hydrogen-bond donors (Lipinski definition) is 1. The molecule has 1 aliphatic rings. The van der Waals surface area contributed by atoms with Crippen LogP contribution in [0.15, 0.2) is 35.4 Å². The first-order chi connectivity index (χ1) is 5.86. The number of hydrogen-bond acceptors (Lipinski definition) is 2. The lowest BCUT2D eigenvalue weighted by atomic mass is 10.0. The van der Waals surface area contributed by atoms with E-state index in [-0.39, 0.29) is 0 Å². The number of nitrogens with one attached hydrogen (secondary N) is 1. The van der Waals surface area contributed by atoms with E-state index in [4.69, 9.17) is 0 Å². The lowest BCUT2D eigenvalue weighted by molar-refractivity contribution is 0.620. The first kappa shape index (κ1) is 7.35. The minimum absolute atomic E-state index is 0.395. The maximum atomic E-state index is 4.16. The third kappa shape index (κ3) is 1.33. The molecule has 0 saturated heterocycles. The Hall–Kier alpha value is -1.31. The SMILES string of the molecule is CC1=NN[C@H](c2ccccc2)C1. The molecule has 1 aliphatic heterocycles. The minimum atomic E-state index is 0.395. The quantitative estimate of drug-likeness (QED) is 0.668. The number of benzene rings is 1. The summed E-state index contributed by atoms with van der Waals surface area (Å²) in [6, 6.07) is 10.8. The number of rotatable bonds is 1. The van der Waals surface area contributed by atoms with Crippen molar-refractivity contribution in [1.82, 2.24) is 5.43 Å². The third-order valence-electron chi connectivity index (χ3n) is 2.11. The highest BCUT2D eigenvalue weighted by Gasteiger charge is 2.15. The molecule has 0 unspecified atom stereocenters. The van der Waals surface area contributed by atoms with Crippen LogP contribution in [0.5, 0.6) is 0 Å². The summed E-state index contributed by atoms with van der Waals surface area (Å²) in [5.41, 5.74) is 5.61. The molecule has 1 atom stereocenters. The summed E-state index contributed by atoms with van der Waals surface area (Å²) < 4.78 is 0. The van der Waals surface area contributed by atoms with E-state index in [0.29, 0.717) is 6.04 Å². The molecule has 0 fully saturated rings. The van der Waals surface area contributed by atoms with Crippen LogP contribution in [0.1, 0.15) is 24.9 Å². The second kappa shape index (κ2) is 2.97. The van der Waals surface area contributed by atoms with Crippen molar-refractivity contribution in [2.24, 2.45) is 5.10 Å². The van der Waals surface area contributed by atoms with Gasteiger partial charge in [0.2, 0.25) is 0 Å². The van der Waals surface area contributed by atoms with Gasteiger partial charge in [-0.15, -0.1) is 0 Å². The van der Waals surface area contributed by atoms with Crippen molar-refractivity contribution in [2.45, 2.75) is 19.4 Å². The summed E-state index contributed by atoms with van der Waals surface area (Å²) >= 11 is 0. The van der Waals surface area contributed by atoms with Crippen LogP contribution in [-0.2, 0) is 0 Å². The van der Waals surface area contributed by atoms with E-state index in [2.05, 4.69) is 41.7 Å². The zero-order valence-electron chi connectivity index (χ0n) is 7.12. The normalized spacial score (nSPS) is 21.8. The second-order valence-electron chi connectivity index (χ2n) is 3.14. The Morgan fingerprint density at radius 1 is 1.33 bits per heavy atom. The molecule has 0 saturated carbocycles. The first-order valence-corrected chi connectivity index (χ1v) is 4.20. The second-order valence-corrected chi connectivity index (χ2v) is 3.14. The molecule has 0 radical (unpaired) electrons. The Labute approximate surface area is 72.3 Å². The molecule has 2 heteroatoms. The molecule has 0 spiro atoms. The monoisotopic (exact) mass is 160 g/mol. The van der Waals surface area contributed by atoms with Gasteiger partial charge in [-0.1, -0.05) is 30.3 Å². The van der Waals surface area contributed by atoms with Crippen molar-refractivity contribution in [2.75, 3.05) is 0 Å². The molecular weight excluding hydrogens is 148 g/mol. The number of hydrazone groups is 1. The van der Waals surface area contributed by atoms with Crippen molar-refractivity contribution < 1.29 is 0 Å². The van der Waals surface area contributed by atoms with Crippen molar-refractivity contribution in [3.05, 3.63) is 35.9 Å². The smallest absolute Gasteiger partial charge is 0.0742 e. The van der Waals surface area contributed by atoms with Crippen LogP contribution in [0.3, 0.4) is 0 Å². The average molecular weight is 160 g/mol. The predicted molar refractivity (Wildman–Crippen MR) is 50.0 cm³/mol. The maximum Gasteiger partial charge on any atom is 0.0742 e. The molecule has 12 heavy (non-hydrogen) atoms. The van der Waals surface area contributed by atoms with Crippen molar-refractivity contribution in [3.63, 3.8) is 0 Å². The highest BCUT2D eigenvalue weighted by molar-refractivity contribution is 5.83. The molecule has 1 N–H and O–H groups in total. The molecule has 0 aliphatic carbocycles. The van der Waals surface area contributed by atoms with Crippen molar-refractivity contribution >= 4 is 5.71 Å². The largest absolute Gasteiger partial charge is 0.302 e. The van der Waals surface area contributed by atoms with E-state index in [1.165, 1.54) is 11.3 Å². The Kier molecular flexibility index (Phi) is 1.82. The third-order valence-corrected chi connectivity index (χ3v) is 2.11. The molecule has 62 valence electrons. The van der Waals surface area contributed by atoms with Gasteiger partial charge in [0, 0.05) is 12.1 Å². The van der Waals surface area contributed by atoms with E-state index >= 15 is 0 Å². The van der Waals surface area contributed by atoms with Crippen molar-refractivity contribution in [1.29, 1.82) is 0 Å². The Balaban J connectivity index is 2.14. The standard InChI is InChI=1S/C10H12N2/c1-8-7-10(12-11-8)9-5-3-2-4-6-9/h2-6,10,12H,7H2,1H3/t10-/m0/s1. The molecule has 0 bridgehead atoms. The number of nitrogens with zero attached hydrogens (tertiary/aromatic N) is 1. The van der Waals surface area contributed by atoms with Gasteiger partial charge in [0.15, 0.2) is 0 Å². The molecule has 2 rings (SSSR count). The van der Waals surface area contributed by atoms with Gasteiger partial charge in [0.1, 0.15) is 0 Å². The zero-order chi connectivity index (χ0) is 8.39. The van der Waals surface area contributed by atoms with Gasteiger partial charge >= 0.3 is 0 Å². The molecule has 0 aromatic heterocycles. The van der Waals surface area contributed by atoms with E-state index in [1.807, 2.05) is 6.07 Å². The van der Waals surface area contributed by atoms with Gasteiger partial charge in [0.05, 0.1) is 6.04 Å². The van der Waals surface area contributed by atoms with Crippen LogP contribution in [0.2, 0.25) is 0 Å². The Bertz CT molecular complexity index is 290. The van der Waals surface area contributed by atoms with Gasteiger partial charge in [-0.2, -0.15) is 5.10 Å². The van der Waals surface area contributed by atoms with Crippen LogP contribution < -0.4 is 5.43 Å². The summed E-state index contributed by atoms with van der Waals surface area (Å²) in [6.45, 7) is 2.05. The average Bonchev–Trinajstić information content (AvgIpc) is 2.54. The highest BCUT2D eigenvalue weighted by atomic mass is 15.3. The first-order valence-electron chi connectivity index (χ1n) is 4.20. The molecule has 1 aromatic rings. The maximum absolute atomic E-state index is 4.16. The van der Waals surface area contributed by atoms with Crippen LogP contribution in [0.4, 0.5) is 0 Å². The van der Waals surface area contributed by atoms with Crippen LogP contribution in [0, 0.1) is 0 Å². The summed E-state index contributed by atoms with van der Waals surface area (Å²) in [5.74, 6) is 0. The summed E-state index contributed by atoms with van der Waals surface area (Å²) in [6.07, 6.45) is 1.03. The molecular formula is C10H12N2. The highest BCUT2D eigenvalue weighted by Crippen LogP contribution is 2.20. The van der Waals surface area contributed by atoms with E-state index < -0.39 is 0 Å². The lowest BCUT2D eigenvalue weighted by Crippen LogP contribution is -2.09. The van der Waals surface area contributed by atoms with Gasteiger partial charge in [-0.05, 0) is 12.5 Å². The predicted octanol–water partition coefficient (Wildman–Crippen LogP) is 2.10. The Morgan fingerprint density at radius 3 is 2.67 bits per heavy atom. The lowest BCUT2D eigenvalue weighted by Gasteiger charge is -2.08. The molecule has 0 amide bonds.